The maximum atomic E-state index is 12.8. The molecule has 2 saturated heterocycles. The molecule has 1 aromatic heterocycles. The lowest BCUT2D eigenvalue weighted by atomic mass is 10.0. The van der Waals surface area contributed by atoms with Gasteiger partial charge in [-0.2, -0.15) is 13.2 Å². The number of carbonyl (C=O) groups is 1. The molecule has 2 aliphatic heterocycles. The van der Waals surface area contributed by atoms with Gasteiger partial charge < -0.3 is 20.0 Å². The van der Waals surface area contributed by atoms with E-state index in [1.165, 1.54) is 17.3 Å². The highest BCUT2D eigenvalue weighted by Gasteiger charge is 2.31. The Morgan fingerprint density at radius 2 is 1.74 bits per heavy atom. The van der Waals surface area contributed by atoms with Gasteiger partial charge in [-0.15, -0.1) is 0 Å². The zero-order chi connectivity index (χ0) is 24.8. The fraction of sp³-hybridized carbons (Fsp3) is 0.538. The monoisotopic (exact) mass is 489 g/mol. The van der Waals surface area contributed by atoms with E-state index in [4.69, 9.17) is 0 Å². The van der Waals surface area contributed by atoms with Gasteiger partial charge in [-0.1, -0.05) is 17.7 Å². The first kappa shape index (κ1) is 25.3. The summed E-state index contributed by atoms with van der Waals surface area (Å²) in [5.74, 6) is 0.611. The van der Waals surface area contributed by atoms with E-state index in [0.717, 1.165) is 64.2 Å². The topological polar surface area (TPSA) is 51.7 Å². The van der Waals surface area contributed by atoms with Gasteiger partial charge in [0.15, 0.2) is 0 Å². The Morgan fingerprint density at radius 1 is 1.00 bits per heavy atom. The standard InChI is InChI=1S/C26H34F3N5O/c1-20-3-6-23(7-4-20)33-13-2-12-32(17-18-33)14-11-25(35)34-15-9-22(10-16-34)31-24-8-5-21(19-30-24)26(27,28)29/h3-8,19,22H,2,9-18H2,1H3,(H,30,31). The number of alkyl halides is 3. The quantitative estimate of drug-likeness (QED) is 0.651. The van der Waals surface area contributed by atoms with Crippen LogP contribution in [0.3, 0.4) is 0 Å². The zero-order valence-electron chi connectivity index (χ0n) is 20.2. The van der Waals surface area contributed by atoms with E-state index in [9.17, 15) is 18.0 Å². The number of benzene rings is 1. The van der Waals surface area contributed by atoms with Crippen LogP contribution in [-0.4, -0.2) is 72.5 Å². The summed E-state index contributed by atoms with van der Waals surface area (Å²) in [7, 11) is 0. The lowest BCUT2D eigenvalue weighted by Gasteiger charge is -2.33. The van der Waals surface area contributed by atoms with E-state index in [-0.39, 0.29) is 11.9 Å². The van der Waals surface area contributed by atoms with Crippen LogP contribution in [0.25, 0.3) is 0 Å². The van der Waals surface area contributed by atoms with Crippen LogP contribution in [-0.2, 0) is 11.0 Å². The van der Waals surface area contributed by atoms with Crippen molar-refractivity contribution in [1.29, 1.82) is 0 Å². The van der Waals surface area contributed by atoms with E-state index >= 15 is 0 Å². The van der Waals surface area contributed by atoms with Crippen LogP contribution in [0.1, 0.15) is 36.8 Å². The van der Waals surface area contributed by atoms with E-state index in [1.54, 1.807) is 0 Å². The largest absolute Gasteiger partial charge is 0.417 e. The predicted octanol–water partition coefficient (Wildman–Crippen LogP) is 4.41. The van der Waals surface area contributed by atoms with Gasteiger partial charge in [-0.25, -0.2) is 4.98 Å². The Bertz CT molecular complexity index is 956. The predicted molar refractivity (Wildman–Crippen MR) is 132 cm³/mol. The summed E-state index contributed by atoms with van der Waals surface area (Å²) in [6, 6.07) is 11.2. The van der Waals surface area contributed by atoms with Gasteiger partial charge in [0.1, 0.15) is 5.82 Å². The second kappa shape index (κ2) is 11.3. The number of aromatic nitrogens is 1. The van der Waals surface area contributed by atoms with Crippen molar-refractivity contribution in [2.24, 2.45) is 0 Å². The van der Waals surface area contributed by atoms with Crippen molar-refractivity contribution in [3.8, 4) is 0 Å². The van der Waals surface area contributed by atoms with Crippen LogP contribution < -0.4 is 10.2 Å². The Kier molecular flexibility index (Phi) is 8.15. The number of nitrogens with one attached hydrogen (secondary N) is 1. The molecule has 0 spiro atoms. The lowest BCUT2D eigenvalue weighted by Crippen LogP contribution is -2.43. The Labute approximate surface area is 205 Å². The molecule has 0 saturated carbocycles. The van der Waals surface area contributed by atoms with Crippen molar-refractivity contribution in [1.82, 2.24) is 14.8 Å². The Balaban J connectivity index is 1.17. The van der Waals surface area contributed by atoms with E-state index in [2.05, 4.69) is 51.3 Å². The number of aryl methyl sites for hydroxylation is 1. The summed E-state index contributed by atoms with van der Waals surface area (Å²) in [5, 5.41) is 3.20. The highest BCUT2D eigenvalue weighted by molar-refractivity contribution is 5.76. The second-order valence-corrected chi connectivity index (χ2v) is 9.50. The second-order valence-electron chi connectivity index (χ2n) is 9.50. The number of rotatable bonds is 6. The first-order valence-electron chi connectivity index (χ1n) is 12.4. The van der Waals surface area contributed by atoms with Gasteiger partial charge in [0.2, 0.25) is 5.91 Å². The summed E-state index contributed by atoms with van der Waals surface area (Å²) in [6.07, 6.45) is -0.428. The molecular weight excluding hydrogens is 455 g/mol. The fourth-order valence-electron chi connectivity index (χ4n) is 4.75. The van der Waals surface area contributed by atoms with E-state index in [0.29, 0.717) is 25.3 Å². The maximum absolute atomic E-state index is 12.8. The molecule has 2 aromatic rings. The minimum atomic E-state index is -4.38. The first-order chi connectivity index (χ1) is 16.8. The van der Waals surface area contributed by atoms with Crippen LogP contribution in [0.4, 0.5) is 24.7 Å². The third-order valence-corrected chi connectivity index (χ3v) is 6.92. The number of amides is 1. The SMILES string of the molecule is Cc1ccc(N2CCCN(CCC(=O)N3CCC(Nc4ccc(C(F)(F)F)cn4)CC3)CC2)cc1. The lowest BCUT2D eigenvalue weighted by molar-refractivity contribution is -0.137. The molecule has 0 atom stereocenters. The molecule has 6 nitrogen and oxygen atoms in total. The molecule has 1 N–H and O–H groups in total. The van der Waals surface area contributed by atoms with Crippen molar-refractivity contribution in [3.63, 3.8) is 0 Å². The summed E-state index contributed by atoms with van der Waals surface area (Å²) >= 11 is 0. The smallest absolute Gasteiger partial charge is 0.370 e. The zero-order valence-corrected chi connectivity index (χ0v) is 20.2. The van der Waals surface area contributed by atoms with Gasteiger partial charge in [-0.3, -0.25) is 4.79 Å². The molecule has 1 aromatic carbocycles. The van der Waals surface area contributed by atoms with Gasteiger partial charge in [0.05, 0.1) is 5.56 Å². The molecule has 190 valence electrons. The summed E-state index contributed by atoms with van der Waals surface area (Å²) < 4.78 is 38.1. The van der Waals surface area contributed by atoms with Gasteiger partial charge in [0, 0.05) is 63.6 Å². The number of nitrogens with zero attached hydrogens (tertiary/aromatic N) is 4. The average Bonchev–Trinajstić information content (AvgIpc) is 3.09. The molecule has 1 amide bonds. The Morgan fingerprint density at radius 3 is 2.40 bits per heavy atom. The van der Waals surface area contributed by atoms with Crippen LogP contribution in [0.2, 0.25) is 0 Å². The van der Waals surface area contributed by atoms with Crippen molar-refractivity contribution in [3.05, 3.63) is 53.7 Å². The number of carbonyl (C=O) groups excluding carboxylic acids is 1. The Hall–Kier alpha value is -2.81. The number of hydrogen-bond donors (Lipinski definition) is 1. The number of likely N-dealkylation sites (tertiary alicyclic amines) is 1. The van der Waals surface area contributed by atoms with Gasteiger partial charge in [0.25, 0.3) is 0 Å². The van der Waals surface area contributed by atoms with Crippen LogP contribution in [0, 0.1) is 6.92 Å². The molecule has 2 fully saturated rings. The number of halogens is 3. The number of hydrogen-bond acceptors (Lipinski definition) is 5. The highest BCUT2D eigenvalue weighted by Crippen LogP contribution is 2.29. The number of pyridine rings is 1. The summed E-state index contributed by atoms with van der Waals surface area (Å²) in [4.78, 5) is 23.4. The highest BCUT2D eigenvalue weighted by atomic mass is 19.4. The van der Waals surface area contributed by atoms with E-state index < -0.39 is 11.7 Å². The van der Waals surface area contributed by atoms with Gasteiger partial charge >= 0.3 is 6.18 Å². The normalized spacial score (nSPS) is 18.4. The molecule has 0 radical (unpaired) electrons. The van der Waals surface area contributed by atoms with Crippen LogP contribution in [0.5, 0.6) is 0 Å². The van der Waals surface area contributed by atoms with E-state index in [1.807, 2.05) is 4.90 Å². The fourth-order valence-corrected chi connectivity index (χ4v) is 4.75. The third-order valence-electron chi connectivity index (χ3n) is 6.92. The first-order valence-corrected chi connectivity index (χ1v) is 12.4. The van der Waals surface area contributed by atoms with Crippen LogP contribution in [0.15, 0.2) is 42.6 Å². The average molecular weight is 490 g/mol. The van der Waals surface area contributed by atoms with Crippen molar-refractivity contribution in [2.75, 3.05) is 56.0 Å². The van der Waals surface area contributed by atoms with Crippen molar-refractivity contribution in [2.45, 2.75) is 44.8 Å². The molecule has 2 aliphatic rings. The summed E-state index contributed by atoms with van der Waals surface area (Å²) in [5.41, 5.74) is 1.77. The minimum absolute atomic E-state index is 0.0988. The van der Waals surface area contributed by atoms with Crippen LogP contribution >= 0.6 is 0 Å². The third kappa shape index (κ3) is 7.10. The van der Waals surface area contributed by atoms with Crippen molar-refractivity contribution >= 4 is 17.4 Å². The molecular formula is C26H34F3N5O. The molecule has 0 bridgehead atoms. The molecule has 4 rings (SSSR count). The maximum Gasteiger partial charge on any atom is 0.417 e. The number of piperidine rings is 1. The molecule has 3 heterocycles. The summed E-state index contributed by atoms with van der Waals surface area (Å²) in [6.45, 7) is 8.12. The molecule has 9 heteroatoms. The van der Waals surface area contributed by atoms with Crippen molar-refractivity contribution < 1.29 is 18.0 Å². The molecule has 35 heavy (non-hydrogen) atoms. The number of anilines is 2. The molecule has 0 aliphatic carbocycles. The molecule has 0 unspecified atom stereocenters. The van der Waals surface area contributed by atoms with Gasteiger partial charge in [-0.05, 0) is 57.0 Å². The minimum Gasteiger partial charge on any atom is -0.370 e.